The molecule has 0 unspecified atom stereocenters. The Bertz CT molecular complexity index is 1550. The number of hydrogen-bond acceptors (Lipinski definition) is 5. The number of oxazole rings is 1. The smallest absolute Gasteiger partial charge is 0.567 e. The Labute approximate surface area is 228 Å². The van der Waals surface area contributed by atoms with Gasteiger partial charge in [-0.15, -0.1) is 0 Å². The Balaban J connectivity index is 1.11. The van der Waals surface area contributed by atoms with Crippen LogP contribution >= 0.6 is 0 Å². The molecule has 0 fully saturated rings. The van der Waals surface area contributed by atoms with E-state index in [1.807, 2.05) is 72.8 Å². The van der Waals surface area contributed by atoms with Crippen LogP contribution in [0.15, 0.2) is 138 Å². The Morgan fingerprint density at radius 2 is 1.24 bits per heavy atom. The molecule has 0 atom stereocenters. The van der Waals surface area contributed by atoms with E-state index in [0.29, 0.717) is 11.4 Å². The molecule has 6 heteroatoms. The minimum absolute atomic E-state index is 0.420. The van der Waals surface area contributed by atoms with Gasteiger partial charge in [0, 0.05) is 17.1 Å². The average molecular weight is 512 g/mol. The third kappa shape index (κ3) is 5.28. The van der Waals surface area contributed by atoms with Gasteiger partial charge < -0.3 is 17.8 Å². The normalized spacial score (nSPS) is 10.7. The molecule has 0 amide bonds. The molecule has 1 aromatic heterocycles. The van der Waals surface area contributed by atoms with Crippen molar-refractivity contribution in [1.82, 2.24) is 4.98 Å². The molecule has 0 aliphatic carbocycles. The van der Waals surface area contributed by atoms with Crippen molar-refractivity contribution in [3.05, 3.63) is 133 Å². The maximum absolute atomic E-state index is 6.09. The summed E-state index contributed by atoms with van der Waals surface area (Å²) in [4.78, 5) is 6.84. The zero-order chi connectivity index (χ0) is 25.6. The van der Waals surface area contributed by atoms with Crippen LogP contribution in [0.3, 0.4) is 0 Å². The van der Waals surface area contributed by atoms with E-state index in [1.165, 1.54) is 0 Å². The van der Waals surface area contributed by atoms with Gasteiger partial charge in [-0.25, -0.2) is 4.98 Å². The lowest BCUT2D eigenvalue weighted by molar-refractivity contribution is 0.369. The van der Waals surface area contributed by atoms with E-state index in [-0.39, 0.29) is 0 Å². The van der Waals surface area contributed by atoms with Gasteiger partial charge in [0.2, 0.25) is 5.89 Å². The highest BCUT2D eigenvalue weighted by molar-refractivity contribution is 6.28. The molecule has 38 heavy (non-hydrogen) atoms. The minimum atomic E-state index is -0.420. The summed E-state index contributed by atoms with van der Waals surface area (Å²) >= 11 is -0.420. The van der Waals surface area contributed by atoms with Gasteiger partial charge in [0.05, 0.1) is 16.8 Å². The molecule has 1 heterocycles. The van der Waals surface area contributed by atoms with E-state index < -0.39 is 15.6 Å². The Kier molecular flexibility index (Phi) is 7.08. The summed E-state index contributed by atoms with van der Waals surface area (Å²) < 4.78 is 18.1. The molecule has 6 aromatic rings. The number of rotatable bonds is 9. The molecule has 183 valence electrons. The molecule has 0 saturated carbocycles. The molecular formula is C32H24AlN2O3. The second kappa shape index (κ2) is 11.3. The fourth-order valence-corrected chi connectivity index (χ4v) is 4.95. The lowest BCUT2D eigenvalue weighted by Crippen LogP contribution is -2.14. The number of para-hydroxylation sites is 5. The summed E-state index contributed by atoms with van der Waals surface area (Å²) in [6.45, 7) is 0. The van der Waals surface area contributed by atoms with Crippen molar-refractivity contribution in [2.75, 3.05) is 10.4 Å². The first-order valence-electron chi connectivity index (χ1n) is 12.4. The van der Waals surface area contributed by atoms with Crippen LogP contribution in [0, 0.1) is 0 Å². The fourth-order valence-electron chi connectivity index (χ4n) is 4.29. The molecule has 0 aliphatic heterocycles. The van der Waals surface area contributed by atoms with Gasteiger partial charge in [0.15, 0.2) is 5.58 Å². The van der Waals surface area contributed by atoms with Crippen LogP contribution in [0.5, 0.6) is 11.5 Å². The van der Waals surface area contributed by atoms with E-state index >= 15 is 0 Å². The molecule has 6 rings (SSSR count). The number of anilines is 3. The van der Waals surface area contributed by atoms with Gasteiger partial charge in [0.25, 0.3) is 0 Å². The second-order valence-electron chi connectivity index (χ2n) is 8.58. The number of nitrogens with zero attached hydrogens (tertiary/aromatic N) is 2. The predicted molar refractivity (Wildman–Crippen MR) is 152 cm³/mol. The zero-order valence-corrected chi connectivity index (χ0v) is 21.8. The van der Waals surface area contributed by atoms with Crippen LogP contribution in [0.25, 0.3) is 22.6 Å². The summed E-state index contributed by atoms with van der Waals surface area (Å²) in [5.41, 5.74) is 6.15. The third-order valence-electron chi connectivity index (χ3n) is 6.06. The molecular weight excluding hydrogens is 487 g/mol. The maximum atomic E-state index is 6.09. The topological polar surface area (TPSA) is 47.7 Å². The van der Waals surface area contributed by atoms with Crippen molar-refractivity contribution in [1.29, 1.82) is 0 Å². The van der Waals surface area contributed by atoms with E-state index in [0.717, 1.165) is 45.2 Å². The van der Waals surface area contributed by atoms with Crippen molar-refractivity contribution in [3.63, 3.8) is 0 Å². The quantitative estimate of drug-likeness (QED) is 0.145. The van der Waals surface area contributed by atoms with Crippen LogP contribution in [-0.4, -0.2) is 26.0 Å². The second-order valence-corrected chi connectivity index (χ2v) is 9.48. The molecule has 0 bridgehead atoms. The van der Waals surface area contributed by atoms with Gasteiger partial charge >= 0.3 is 15.6 Å². The van der Waals surface area contributed by atoms with E-state index in [1.54, 1.807) is 0 Å². The standard InChI is InChI=1S/C18H15NO.C14H10NO2.Al/c20-18-13-11-17(12-14-18)19(15-7-3-1-4-8-15)16-9-5-2-6-10-16;1-16-12-8-4-2-6-10(12)14-15-11-7-3-5-9-13(11)17-14;/h1-14,20H;2-9H,1H2;/q;;+1/p-1. The molecule has 0 saturated heterocycles. The van der Waals surface area contributed by atoms with Crippen LogP contribution in [0.4, 0.5) is 17.1 Å². The van der Waals surface area contributed by atoms with Crippen molar-refractivity contribution in [2.45, 2.75) is 0 Å². The summed E-state index contributed by atoms with van der Waals surface area (Å²) in [5, 5.41) is 0. The number of aromatic nitrogens is 1. The number of hydrogen-bond donors (Lipinski definition) is 0. The predicted octanol–water partition coefficient (Wildman–Crippen LogP) is 8.00. The zero-order valence-electron chi connectivity index (χ0n) is 20.6. The molecule has 0 spiro atoms. The molecule has 5 aromatic carbocycles. The summed E-state index contributed by atoms with van der Waals surface area (Å²) in [6, 6.07) is 44.4. The van der Waals surface area contributed by atoms with Crippen molar-refractivity contribution in [2.24, 2.45) is 0 Å². The van der Waals surface area contributed by atoms with Crippen molar-refractivity contribution in [3.8, 4) is 23.0 Å². The lowest BCUT2D eigenvalue weighted by Gasteiger charge is -2.25. The Morgan fingerprint density at radius 1 is 0.632 bits per heavy atom. The van der Waals surface area contributed by atoms with Gasteiger partial charge in [-0.2, -0.15) is 0 Å². The van der Waals surface area contributed by atoms with Gasteiger partial charge in [-0.3, -0.25) is 0 Å². The van der Waals surface area contributed by atoms with Crippen LogP contribution in [0.2, 0.25) is 0 Å². The van der Waals surface area contributed by atoms with Gasteiger partial charge in [0.1, 0.15) is 11.3 Å². The summed E-state index contributed by atoms with van der Waals surface area (Å²) in [7, 11) is 0. The maximum Gasteiger partial charge on any atom is 0.567 e. The third-order valence-corrected chi connectivity index (χ3v) is 6.80. The lowest BCUT2D eigenvalue weighted by atomic mass is 10.2. The van der Waals surface area contributed by atoms with Gasteiger partial charge in [-0.1, -0.05) is 60.7 Å². The van der Waals surface area contributed by atoms with Crippen LogP contribution < -0.4 is 13.4 Å². The first kappa shape index (κ1) is 23.9. The fraction of sp³-hybridized carbons (Fsp3) is 0.0312. The molecule has 1 radical (unpaired) electrons. The SMILES string of the molecule is c1ccc(N(c2ccccc2)c2ccc([O][Al][CH2]Oc3ccccc3-c3nc4ccccc4o3)cc2)cc1. The summed E-state index contributed by atoms with van der Waals surface area (Å²) in [6.07, 6.45) is 0. The van der Waals surface area contributed by atoms with Crippen molar-refractivity contribution < 1.29 is 12.9 Å². The monoisotopic (exact) mass is 511 g/mol. The molecule has 5 nitrogen and oxygen atoms in total. The van der Waals surface area contributed by atoms with E-state index in [9.17, 15) is 0 Å². The Hall–Kier alpha value is -4.50. The van der Waals surface area contributed by atoms with Crippen LogP contribution in [-0.2, 0) is 0 Å². The number of ether oxygens (including phenoxy) is 1. The average Bonchev–Trinajstić information content (AvgIpc) is 3.42. The molecule has 0 N–H and O–H groups in total. The molecule has 0 aliphatic rings. The highest BCUT2D eigenvalue weighted by Crippen LogP contribution is 2.35. The number of benzene rings is 5. The van der Waals surface area contributed by atoms with Gasteiger partial charge in [-0.05, 0) is 72.8 Å². The first-order valence-corrected chi connectivity index (χ1v) is 13.7. The highest BCUT2D eigenvalue weighted by Gasteiger charge is 2.14. The summed E-state index contributed by atoms with van der Waals surface area (Å²) in [5.74, 6) is 2.10. The largest absolute Gasteiger partial charge is 0.646 e. The number of fused-ring (bicyclic) bond motifs is 1. The van der Waals surface area contributed by atoms with E-state index in [2.05, 4.69) is 70.5 Å². The van der Waals surface area contributed by atoms with E-state index in [4.69, 9.17) is 12.9 Å². The van der Waals surface area contributed by atoms with Crippen molar-refractivity contribution >= 4 is 43.7 Å². The minimum Gasteiger partial charge on any atom is -0.646 e. The first-order chi connectivity index (χ1) is 18.8. The Morgan fingerprint density at radius 3 is 1.95 bits per heavy atom. The van der Waals surface area contributed by atoms with Crippen LogP contribution in [0.1, 0.15) is 0 Å². The highest BCUT2D eigenvalue weighted by atomic mass is 27.1.